The van der Waals surface area contributed by atoms with Crippen molar-refractivity contribution in [3.05, 3.63) is 69.7 Å². The fourth-order valence-corrected chi connectivity index (χ4v) is 4.75. The van der Waals surface area contributed by atoms with Gasteiger partial charge in [-0.25, -0.2) is 0 Å². The number of carbonyl (C=O) groups excluding carboxylic acids is 2. The third kappa shape index (κ3) is 4.18. The van der Waals surface area contributed by atoms with E-state index in [9.17, 15) is 9.59 Å². The van der Waals surface area contributed by atoms with E-state index < -0.39 is 0 Å². The molecule has 7 heteroatoms. The van der Waals surface area contributed by atoms with E-state index in [0.29, 0.717) is 18.1 Å². The highest BCUT2D eigenvalue weighted by atomic mass is 79.9. The van der Waals surface area contributed by atoms with E-state index in [0.717, 1.165) is 38.5 Å². The third-order valence-corrected chi connectivity index (χ3v) is 6.22. The van der Waals surface area contributed by atoms with Gasteiger partial charge >= 0.3 is 0 Å². The zero-order chi connectivity index (χ0) is 21.3. The lowest BCUT2D eigenvalue weighted by Gasteiger charge is -2.16. The van der Waals surface area contributed by atoms with Gasteiger partial charge in [-0.2, -0.15) is 0 Å². The number of nitrogens with zero attached hydrogens (tertiary/aromatic N) is 2. The molecule has 0 radical (unpaired) electrons. The van der Waals surface area contributed by atoms with Gasteiger partial charge in [-0.3, -0.25) is 14.5 Å². The Morgan fingerprint density at radius 2 is 1.90 bits per heavy atom. The molecule has 1 aliphatic rings. The molecule has 5 nitrogen and oxygen atoms in total. The molecule has 0 aliphatic carbocycles. The SMILES string of the molecule is CC(C)N1C(=O)S/C(=C\c2cn(CCOc3ccccc3)c3ccc(Br)cc23)C1=O. The number of fused-ring (bicyclic) bond motifs is 1. The van der Waals surface area contributed by atoms with Crippen molar-refractivity contribution < 1.29 is 14.3 Å². The topological polar surface area (TPSA) is 51.5 Å². The summed E-state index contributed by atoms with van der Waals surface area (Å²) in [5.74, 6) is 0.600. The van der Waals surface area contributed by atoms with Gasteiger partial charge in [-0.15, -0.1) is 0 Å². The lowest BCUT2D eigenvalue weighted by atomic mass is 10.1. The fraction of sp³-hybridized carbons (Fsp3) is 0.217. The van der Waals surface area contributed by atoms with Gasteiger partial charge in [-0.1, -0.05) is 34.1 Å². The van der Waals surface area contributed by atoms with E-state index in [-0.39, 0.29) is 17.2 Å². The number of aromatic nitrogens is 1. The second-order valence-electron chi connectivity index (χ2n) is 7.25. The van der Waals surface area contributed by atoms with Crippen LogP contribution < -0.4 is 4.74 Å². The number of para-hydroxylation sites is 1. The summed E-state index contributed by atoms with van der Waals surface area (Å²) in [7, 11) is 0. The van der Waals surface area contributed by atoms with Crippen LogP contribution in [0.3, 0.4) is 0 Å². The van der Waals surface area contributed by atoms with Gasteiger partial charge in [0, 0.05) is 33.2 Å². The Bertz CT molecular complexity index is 1140. The van der Waals surface area contributed by atoms with Crippen LogP contribution in [0.1, 0.15) is 19.4 Å². The second kappa shape index (κ2) is 8.70. The van der Waals surface area contributed by atoms with E-state index in [1.807, 2.05) is 74.7 Å². The van der Waals surface area contributed by atoms with E-state index in [1.165, 1.54) is 4.90 Å². The smallest absolute Gasteiger partial charge is 0.293 e. The van der Waals surface area contributed by atoms with E-state index in [1.54, 1.807) is 0 Å². The van der Waals surface area contributed by atoms with Gasteiger partial charge in [0.1, 0.15) is 12.4 Å². The lowest BCUT2D eigenvalue weighted by Crippen LogP contribution is -2.34. The molecule has 2 aromatic carbocycles. The molecule has 0 unspecified atom stereocenters. The van der Waals surface area contributed by atoms with Crippen molar-refractivity contribution in [3.63, 3.8) is 0 Å². The maximum Gasteiger partial charge on any atom is 0.293 e. The highest BCUT2D eigenvalue weighted by molar-refractivity contribution is 9.10. The Balaban J connectivity index is 1.63. The normalized spacial score (nSPS) is 15.7. The predicted molar refractivity (Wildman–Crippen MR) is 125 cm³/mol. The van der Waals surface area contributed by atoms with Crippen LogP contribution in [0.4, 0.5) is 4.79 Å². The standard InChI is InChI=1S/C23H21BrN2O3S/c1-15(2)26-22(27)21(30-23(26)28)12-16-14-25(20-9-8-17(24)13-19(16)20)10-11-29-18-6-4-3-5-7-18/h3-9,12-15H,10-11H2,1-2H3/b21-12-. The molecular formula is C23H21BrN2O3S. The van der Waals surface area contributed by atoms with Crippen LogP contribution >= 0.6 is 27.7 Å². The molecule has 1 fully saturated rings. The average Bonchev–Trinajstić information content (AvgIpc) is 3.19. The maximum absolute atomic E-state index is 12.7. The Morgan fingerprint density at radius 1 is 1.13 bits per heavy atom. The summed E-state index contributed by atoms with van der Waals surface area (Å²) >= 11 is 4.53. The van der Waals surface area contributed by atoms with Crippen molar-refractivity contribution in [3.8, 4) is 5.75 Å². The van der Waals surface area contributed by atoms with Crippen LogP contribution in [0.5, 0.6) is 5.75 Å². The minimum Gasteiger partial charge on any atom is -0.492 e. The molecule has 2 heterocycles. The Morgan fingerprint density at radius 3 is 2.60 bits per heavy atom. The molecule has 4 rings (SSSR count). The zero-order valence-electron chi connectivity index (χ0n) is 16.7. The van der Waals surface area contributed by atoms with Gasteiger partial charge < -0.3 is 9.30 Å². The quantitative estimate of drug-likeness (QED) is 0.407. The monoisotopic (exact) mass is 484 g/mol. The lowest BCUT2D eigenvalue weighted by molar-refractivity contribution is -0.123. The Hall–Kier alpha value is -2.51. The molecule has 0 N–H and O–H groups in total. The first kappa shape index (κ1) is 20.8. The van der Waals surface area contributed by atoms with E-state index in [2.05, 4.69) is 20.5 Å². The van der Waals surface area contributed by atoms with E-state index in [4.69, 9.17) is 4.74 Å². The highest BCUT2D eigenvalue weighted by Gasteiger charge is 2.36. The number of halogens is 1. The molecule has 0 bridgehead atoms. The van der Waals surface area contributed by atoms with Crippen molar-refractivity contribution in [2.75, 3.05) is 6.61 Å². The number of carbonyl (C=O) groups is 2. The minimum atomic E-state index is -0.233. The number of imide groups is 1. The Labute approximate surface area is 187 Å². The molecule has 0 saturated carbocycles. The van der Waals surface area contributed by atoms with Crippen LogP contribution in [-0.2, 0) is 11.3 Å². The minimum absolute atomic E-state index is 0.158. The number of hydrogen-bond donors (Lipinski definition) is 0. The molecule has 1 aromatic heterocycles. The summed E-state index contributed by atoms with van der Waals surface area (Å²) in [6.07, 6.45) is 3.82. The highest BCUT2D eigenvalue weighted by Crippen LogP contribution is 2.35. The summed E-state index contributed by atoms with van der Waals surface area (Å²) in [6.45, 7) is 4.87. The van der Waals surface area contributed by atoms with Gasteiger partial charge in [0.05, 0.1) is 11.4 Å². The van der Waals surface area contributed by atoms with Crippen LogP contribution in [0, 0.1) is 0 Å². The number of thioether (sulfide) groups is 1. The number of rotatable bonds is 6. The van der Waals surface area contributed by atoms with Crippen molar-refractivity contribution in [1.29, 1.82) is 0 Å². The van der Waals surface area contributed by atoms with Gasteiger partial charge in [-0.05, 0) is 62.0 Å². The summed E-state index contributed by atoms with van der Waals surface area (Å²) in [4.78, 5) is 26.7. The van der Waals surface area contributed by atoms with Crippen LogP contribution in [-0.4, -0.2) is 33.3 Å². The van der Waals surface area contributed by atoms with Crippen LogP contribution in [0.25, 0.3) is 17.0 Å². The van der Waals surface area contributed by atoms with Gasteiger partial charge in [0.2, 0.25) is 0 Å². The summed E-state index contributed by atoms with van der Waals surface area (Å²) < 4.78 is 8.91. The number of hydrogen-bond acceptors (Lipinski definition) is 4. The molecule has 154 valence electrons. The van der Waals surface area contributed by atoms with Crippen molar-refractivity contribution in [2.45, 2.75) is 26.4 Å². The number of amides is 2. The molecule has 1 saturated heterocycles. The first-order valence-corrected chi connectivity index (χ1v) is 11.3. The molecule has 3 aromatic rings. The van der Waals surface area contributed by atoms with Gasteiger partial charge in [0.15, 0.2) is 0 Å². The zero-order valence-corrected chi connectivity index (χ0v) is 19.1. The average molecular weight is 485 g/mol. The van der Waals surface area contributed by atoms with Crippen molar-refractivity contribution >= 4 is 55.8 Å². The van der Waals surface area contributed by atoms with Crippen LogP contribution in [0.15, 0.2) is 64.1 Å². The molecule has 0 atom stereocenters. The maximum atomic E-state index is 12.7. The number of benzene rings is 2. The predicted octanol–water partition coefficient (Wildman–Crippen LogP) is 5.93. The first-order chi connectivity index (χ1) is 14.4. The Kier molecular flexibility index (Phi) is 6.01. The second-order valence-corrected chi connectivity index (χ2v) is 9.16. The largest absolute Gasteiger partial charge is 0.492 e. The molecule has 1 aliphatic heterocycles. The molecule has 0 spiro atoms. The van der Waals surface area contributed by atoms with Crippen molar-refractivity contribution in [2.24, 2.45) is 0 Å². The van der Waals surface area contributed by atoms with Crippen molar-refractivity contribution in [1.82, 2.24) is 9.47 Å². The molecular weight excluding hydrogens is 464 g/mol. The number of ether oxygens (including phenoxy) is 1. The summed E-state index contributed by atoms with van der Waals surface area (Å²) in [5.41, 5.74) is 1.95. The fourth-order valence-electron chi connectivity index (χ4n) is 3.44. The molecule has 2 amide bonds. The third-order valence-electron chi connectivity index (χ3n) is 4.84. The van der Waals surface area contributed by atoms with Gasteiger partial charge in [0.25, 0.3) is 11.1 Å². The van der Waals surface area contributed by atoms with Crippen LogP contribution in [0.2, 0.25) is 0 Å². The van der Waals surface area contributed by atoms with E-state index >= 15 is 0 Å². The summed E-state index contributed by atoms with van der Waals surface area (Å²) in [6, 6.07) is 15.6. The first-order valence-electron chi connectivity index (χ1n) is 9.67. The molecule has 30 heavy (non-hydrogen) atoms. The summed E-state index contributed by atoms with van der Waals surface area (Å²) in [5, 5.41) is 0.794.